The smallest absolute Gasteiger partial charge is 0.234 e. The molecular weight excluding hydrogens is 280 g/mol. The molecule has 0 bridgehead atoms. The summed E-state index contributed by atoms with van der Waals surface area (Å²) < 4.78 is 10.8. The van der Waals surface area contributed by atoms with E-state index in [4.69, 9.17) is 9.47 Å². The fourth-order valence-corrected chi connectivity index (χ4v) is 3.15. The molecule has 3 rings (SSSR count). The van der Waals surface area contributed by atoms with E-state index in [0.29, 0.717) is 12.6 Å². The lowest BCUT2D eigenvalue weighted by molar-refractivity contribution is -0.122. The highest BCUT2D eigenvalue weighted by Gasteiger charge is 2.31. The van der Waals surface area contributed by atoms with E-state index in [1.807, 2.05) is 12.1 Å². The third-order valence-electron chi connectivity index (χ3n) is 4.45. The number of nitrogens with zero attached hydrogens (tertiary/aromatic N) is 1. The molecule has 0 spiro atoms. The number of hydrogen-bond acceptors (Lipinski definition) is 4. The quantitative estimate of drug-likeness (QED) is 0.874. The number of hydrogen-bond donors (Lipinski definition) is 1. The van der Waals surface area contributed by atoms with Gasteiger partial charge in [-0.25, -0.2) is 0 Å². The summed E-state index contributed by atoms with van der Waals surface area (Å²) in [5, 5.41) is 3.07. The molecule has 1 atom stereocenters. The van der Waals surface area contributed by atoms with Crippen LogP contribution in [0.15, 0.2) is 18.2 Å². The average molecular weight is 304 g/mol. The van der Waals surface area contributed by atoms with Gasteiger partial charge in [0.15, 0.2) is 0 Å². The molecule has 22 heavy (non-hydrogen) atoms. The predicted octanol–water partition coefficient (Wildman–Crippen LogP) is 2.12. The Morgan fingerprint density at radius 3 is 2.77 bits per heavy atom. The molecule has 1 aliphatic carbocycles. The molecule has 1 unspecified atom stereocenters. The molecule has 2 fully saturated rings. The molecule has 1 heterocycles. The lowest BCUT2D eigenvalue weighted by Gasteiger charge is -2.25. The van der Waals surface area contributed by atoms with Crippen molar-refractivity contribution in [1.29, 1.82) is 0 Å². The first-order chi connectivity index (χ1) is 10.7. The van der Waals surface area contributed by atoms with Crippen molar-refractivity contribution in [2.75, 3.05) is 27.3 Å². The number of carbonyl (C=O) groups is 1. The van der Waals surface area contributed by atoms with Gasteiger partial charge in [0.05, 0.1) is 20.8 Å². The largest absolute Gasteiger partial charge is 0.497 e. The summed E-state index contributed by atoms with van der Waals surface area (Å²) in [5.74, 6) is 1.76. The fraction of sp³-hybridized carbons (Fsp3) is 0.588. The van der Waals surface area contributed by atoms with E-state index < -0.39 is 0 Å². The maximum absolute atomic E-state index is 12.1. The van der Waals surface area contributed by atoms with E-state index in [1.54, 1.807) is 14.2 Å². The van der Waals surface area contributed by atoms with Gasteiger partial charge in [-0.15, -0.1) is 0 Å². The molecule has 1 N–H and O–H groups in total. The van der Waals surface area contributed by atoms with Crippen LogP contribution in [0.4, 0.5) is 0 Å². The Morgan fingerprint density at radius 1 is 1.27 bits per heavy atom. The minimum Gasteiger partial charge on any atom is -0.497 e. The summed E-state index contributed by atoms with van der Waals surface area (Å²) in [6.07, 6.45) is 4.42. The minimum absolute atomic E-state index is 0.141. The predicted molar refractivity (Wildman–Crippen MR) is 84.3 cm³/mol. The summed E-state index contributed by atoms with van der Waals surface area (Å²) in [7, 11) is 3.33. The maximum atomic E-state index is 12.1. The number of ether oxygens (including phenoxy) is 2. The first kappa shape index (κ1) is 15.2. The van der Waals surface area contributed by atoms with E-state index in [9.17, 15) is 4.79 Å². The number of benzene rings is 1. The van der Waals surface area contributed by atoms with Crippen molar-refractivity contribution in [1.82, 2.24) is 10.2 Å². The van der Waals surface area contributed by atoms with Crippen LogP contribution in [0.2, 0.25) is 0 Å². The van der Waals surface area contributed by atoms with Crippen LogP contribution in [0, 0.1) is 0 Å². The standard InChI is InChI=1S/C17H24N2O3/c1-21-13-7-8-14(16(10-13)22-2)15-4-3-9-19(15)11-17(20)18-12-5-6-12/h7-8,10,12,15H,3-6,9,11H2,1-2H3,(H,18,20). The molecule has 1 amide bonds. The van der Waals surface area contributed by atoms with Gasteiger partial charge < -0.3 is 14.8 Å². The Balaban J connectivity index is 1.72. The van der Waals surface area contributed by atoms with Crippen LogP contribution in [-0.2, 0) is 4.79 Å². The second kappa shape index (κ2) is 6.57. The second-order valence-electron chi connectivity index (χ2n) is 6.08. The molecule has 2 aliphatic rings. The van der Waals surface area contributed by atoms with Crippen LogP contribution < -0.4 is 14.8 Å². The van der Waals surface area contributed by atoms with E-state index in [2.05, 4.69) is 16.3 Å². The van der Waals surface area contributed by atoms with Crippen LogP contribution in [0.25, 0.3) is 0 Å². The Kier molecular flexibility index (Phi) is 4.52. The fourth-order valence-electron chi connectivity index (χ4n) is 3.15. The third kappa shape index (κ3) is 3.35. The van der Waals surface area contributed by atoms with E-state index in [-0.39, 0.29) is 11.9 Å². The van der Waals surface area contributed by atoms with Crippen molar-refractivity contribution in [3.63, 3.8) is 0 Å². The summed E-state index contributed by atoms with van der Waals surface area (Å²) in [5.41, 5.74) is 1.14. The highest BCUT2D eigenvalue weighted by atomic mass is 16.5. The zero-order chi connectivity index (χ0) is 15.5. The highest BCUT2D eigenvalue weighted by Crippen LogP contribution is 2.38. The lowest BCUT2D eigenvalue weighted by Crippen LogP contribution is -2.37. The van der Waals surface area contributed by atoms with Gasteiger partial charge in [-0.2, -0.15) is 0 Å². The highest BCUT2D eigenvalue weighted by molar-refractivity contribution is 5.78. The third-order valence-corrected chi connectivity index (χ3v) is 4.45. The average Bonchev–Trinajstić information content (AvgIpc) is 3.22. The van der Waals surface area contributed by atoms with Crippen molar-refractivity contribution < 1.29 is 14.3 Å². The minimum atomic E-state index is 0.141. The summed E-state index contributed by atoms with van der Waals surface area (Å²) in [4.78, 5) is 14.3. The molecular formula is C17H24N2O3. The number of nitrogens with one attached hydrogen (secondary N) is 1. The van der Waals surface area contributed by atoms with Gasteiger partial charge in [-0.3, -0.25) is 9.69 Å². The second-order valence-corrected chi connectivity index (χ2v) is 6.08. The Hall–Kier alpha value is -1.75. The van der Waals surface area contributed by atoms with Gasteiger partial charge >= 0.3 is 0 Å². The monoisotopic (exact) mass is 304 g/mol. The number of carbonyl (C=O) groups excluding carboxylic acids is 1. The zero-order valence-corrected chi connectivity index (χ0v) is 13.3. The lowest BCUT2D eigenvalue weighted by atomic mass is 10.0. The number of likely N-dealkylation sites (tertiary alicyclic amines) is 1. The zero-order valence-electron chi connectivity index (χ0n) is 13.3. The topological polar surface area (TPSA) is 50.8 Å². The van der Waals surface area contributed by atoms with Gasteiger partial charge in [-0.05, 0) is 38.3 Å². The molecule has 1 aromatic rings. The van der Waals surface area contributed by atoms with E-state index >= 15 is 0 Å². The van der Waals surface area contributed by atoms with E-state index in [1.165, 1.54) is 0 Å². The summed E-state index contributed by atoms with van der Waals surface area (Å²) >= 11 is 0. The van der Waals surface area contributed by atoms with Gasteiger partial charge in [0.1, 0.15) is 11.5 Å². The normalized spacial score (nSPS) is 21.6. The van der Waals surface area contributed by atoms with Crippen molar-refractivity contribution >= 4 is 5.91 Å². The van der Waals surface area contributed by atoms with Crippen LogP contribution >= 0.6 is 0 Å². The van der Waals surface area contributed by atoms with Gasteiger partial charge in [0.25, 0.3) is 0 Å². The van der Waals surface area contributed by atoms with Gasteiger partial charge in [-0.1, -0.05) is 6.07 Å². The molecule has 1 aliphatic heterocycles. The van der Waals surface area contributed by atoms with Crippen LogP contribution in [0.1, 0.15) is 37.3 Å². The number of rotatable bonds is 6. The van der Waals surface area contributed by atoms with Gasteiger partial charge in [0.2, 0.25) is 5.91 Å². The summed E-state index contributed by atoms with van der Waals surface area (Å²) in [6, 6.07) is 6.59. The van der Waals surface area contributed by atoms with Crippen LogP contribution in [-0.4, -0.2) is 44.2 Å². The molecule has 1 saturated carbocycles. The Labute approximate surface area is 131 Å². The molecule has 5 heteroatoms. The molecule has 1 saturated heterocycles. The van der Waals surface area contributed by atoms with Crippen molar-refractivity contribution in [2.24, 2.45) is 0 Å². The Bertz CT molecular complexity index is 543. The summed E-state index contributed by atoms with van der Waals surface area (Å²) in [6.45, 7) is 1.42. The van der Waals surface area contributed by atoms with Crippen molar-refractivity contribution in [3.05, 3.63) is 23.8 Å². The van der Waals surface area contributed by atoms with Crippen LogP contribution in [0.5, 0.6) is 11.5 Å². The first-order valence-electron chi connectivity index (χ1n) is 7.96. The molecule has 1 aromatic carbocycles. The van der Waals surface area contributed by atoms with Crippen LogP contribution in [0.3, 0.4) is 0 Å². The molecule has 0 radical (unpaired) electrons. The molecule has 5 nitrogen and oxygen atoms in total. The van der Waals surface area contributed by atoms with Crippen molar-refractivity contribution in [2.45, 2.75) is 37.8 Å². The first-order valence-corrected chi connectivity index (χ1v) is 7.96. The number of methoxy groups -OCH3 is 2. The SMILES string of the molecule is COc1ccc(C2CCCN2CC(=O)NC2CC2)c(OC)c1. The van der Waals surface area contributed by atoms with E-state index in [0.717, 1.165) is 49.3 Å². The molecule has 0 aromatic heterocycles. The molecule has 120 valence electrons. The number of amides is 1. The maximum Gasteiger partial charge on any atom is 0.234 e. The van der Waals surface area contributed by atoms with Crippen molar-refractivity contribution in [3.8, 4) is 11.5 Å². The van der Waals surface area contributed by atoms with Gasteiger partial charge in [0, 0.05) is 23.7 Å². The Morgan fingerprint density at radius 2 is 2.09 bits per heavy atom.